The van der Waals surface area contributed by atoms with Gasteiger partial charge in [0.05, 0.1) is 0 Å². The third kappa shape index (κ3) is 20.8. The molecular formula is C16H32N2O5. The number of nitrogens with zero attached hydrogens (tertiary/aromatic N) is 2. The van der Waals surface area contributed by atoms with Crippen LogP contribution in [0.25, 0.3) is 0 Å². The number of unbranched alkanes of at least 4 members (excludes halogenated alkanes) is 10. The Balaban J connectivity index is 3.00. The van der Waals surface area contributed by atoms with Crippen LogP contribution >= 0.6 is 0 Å². The highest BCUT2D eigenvalue weighted by atomic mass is 16.6. The van der Waals surface area contributed by atoms with Gasteiger partial charge in [-0.25, -0.2) is 0 Å². The molecule has 0 amide bonds. The molecule has 0 N–H and O–H groups in total. The fourth-order valence-electron chi connectivity index (χ4n) is 2.41. The van der Waals surface area contributed by atoms with Crippen molar-refractivity contribution in [1.29, 1.82) is 0 Å². The van der Waals surface area contributed by atoms with Crippen molar-refractivity contribution in [3.63, 3.8) is 0 Å². The summed E-state index contributed by atoms with van der Waals surface area (Å²) in [5.74, 6) is 0. The predicted molar refractivity (Wildman–Crippen MR) is 89.9 cm³/mol. The Labute approximate surface area is 139 Å². The average molecular weight is 332 g/mol. The van der Waals surface area contributed by atoms with E-state index in [9.17, 15) is 20.2 Å². The third-order valence-corrected chi connectivity index (χ3v) is 3.76. The summed E-state index contributed by atoms with van der Waals surface area (Å²) >= 11 is 0. The third-order valence-electron chi connectivity index (χ3n) is 3.76. The normalized spacial score (nSPS) is 10.8. The SMILES string of the molecule is O=[N+]([O-])CCCCCCCCOCCCCCCCC[N+](=O)[O-]. The van der Waals surface area contributed by atoms with Crippen LogP contribution in [0, 0.1) is 20.2 Å². The van der Waals surface area contributed by atoms with Crippen LogP contribution < -0.4 is 0 Å². The van der Waals surface area contributed by atoms with Crippen molar-refractivity contribution >= 4 is 0 Å². The second-order valence-electron chi connectivity index (χ2n) is 5.97. The van der Waals surface area contributed by atoms with E-state index in [4.69, 9.17) is 4.74 Å². The predicted octanol–water partition coefficient (Wildman–Crippen LogP) is 4.24. The van der Waals surface area contributed by atoms with Gasteiger partial charge in [-0.15, -0.1) is 0 Å². The van der Waals surface area contributed by atoms with E-state index in [-0.39, 0.29) is 22.9 Å². The molecule has 0 aliphatic rings. The first-order valence-electron chi connectivity index (χ1n) is 8.94. The average Bonchev–Trinajstić information content (AvgIpc) is 2.49. The highest BCUT2D eigenvalue weighted by Crippen LogP contribution is 2.07. The van der Waals surface area contributed by atoms with E-state index in [1.807, 2.05) is 0 Å². The van der Waals surface area contributed by atoms with Crippen LogP contribution in [0.4, 0.5) is 0 Å². The first-order chi connectivity index (χ1) is 11.1. The smallest absolute Gasteiger partial charge is 0.203 e. The molecule has 0 aromatic rings. The quantitative estimate of drug-likeness (QED) is 0.212. The van der Waals surface area contributed by atoms with E-state index in [2.05, 4.69) is 0 Å². The molecule has 23 heavy (non-hydrogen) atoms. The van der Waals surface area contributed by atoms with Gasteiger partial charge in [0, 0.05) is 35.9 Å². The fourth-order valence-corrected chi connectivity index (χ4v) is 2.41. The van der Waals surface area contributed by atoms with E-state index < -0.39 is 0 Å². The lowest BCUT2D eigenvalue weighted by Crippen LogP contribution is -2.00. The van der Waals surface area contributed by atoms with Gasteiger partial charge in [0.2, 0.25) is 13.1 Å². The summed E-state index contributed by atoms with van der Waals surface area (Å²) in [7, 11) is 0. The van der Waals surface area contributed by atoms with E-state index in [1.165, 1.54) is 0 Å². The number of rotatable bonds is 18. The van der Waals surface area contributed by atoms with Gasteiger partial charge in [0.25, 0.3) is 0 Å². The van der Waals surface area contributed by atoms with Gasteiger partial charge in [-0.2, -0.15) is 0 Å². The summed E-state index contributed by atoms with van der Waals surface area (Å²) < 4.78 is 5.57. The monoisotopic (exact) mass is 332 g/mol. The van der Waals surface area contributed by atoms with E-state index in [0.29, 0.717) is 12.8 Å². The van der Waals surface area contributed by atoms with Gasteiger partial charge in [-0.05, 0) is 25.7 Å². The van der Waals surface area contributed by atoms with Crippen molar-refractivity contribution in [3.05, 3.63) is 20.2 Å². The number of hydrogen-bond donors (Lipinski definition) is 0. The Bertz CT molecular complexity index is 272. The summed E-state index contributed by atoms with van der Waals surface area (Å²) in [5.41, 5.74) is 0. The molecule has 136 valence electrons. The first kappa shape index (κ1) is 21.8. The summed E-state index contributed by atoms with van der Waals surface area (Å²) in [6, 6.07) is 0. The molecule has 0 bridgehead atoms. The van der Waals surface area contributed by atoms with Crippen LogP contribution in [0.15, 0.2) is 0 Å². The molecule has 7 heteroatoms. The lowest BCUT2D eigenvalue weighted by atomic mass is 10.1. The molecule has 0 fully saturated rings. The molecule has 0 spiro atoms. The Morgan fingerprint density at radius 1 is 0.522 bits per heavy atom. The highest BCUT2D eigenvalue weighted by molar-refractivity contribution is 4.47. The van der Waals surface area contributed by atoms with E-state index >= 15 is 0 Å². The number of ether oxygens (including phenoxy) is 1. The van der Waals surface area contributed by atoms with Crippen LogP contribution in [0.1, 0.15) is 77.0 Å². The molecule has 0 saturated carbocycles. The van der Waals surface area contributed by atoms with Gasteiger partial charge in [-0.3, -0.25) is 20.2 Å². The summed E-state index contributed by atoms with van der Waals surface area (Å²) in [5, 5.41) is 20.3. The van der Waals surface area contributed by atoms with Crippen LogP contribution in [-0.4, -0.2) is 36.1 Å². The summed E-state index contributed by atoms with van der Waals surface area (Å²) in [6.45, 7) is 1.80. The molecule has 0 aliphatic heterocycles. The van der Waals surface area contributed by atoms with Gasteiger partial charge < -0.3 is 4.74 Å². The first-order valence-corrected chi connectivity index (χ1v) is 8.94. The summed E-state index contributed by atoms with van der Waals surface area (Å²) in [6.07, 6.45) is 12.1. The Kier molecular flexibility index (Phi) is 16.2. The van der Waals surface area contributed by atoms with Crippen LogP contribution in [0.3, 0.4) is 0 Å². The van der Waals surface area contributed by atoms with Gasteiger partial charge in [-0.1, -0.05) is 38.5 Å². The maximum atomic E-state index is 10.1. The van der Waals surface area contributed by atoms with Crippen LogP contribution in [0.5, 0.6) is 0 Å². The molecule has 0 unspecified atom stereocenters. The minimum absolute atomic E-state index is 0.0961. The zero-order chi connectivity index (χ0) is 17.2. The minimum Gasteiger partial charge on any atom is -0.381 e. The van der Waals surface area contributed by atoms with Crippen molar-refractivity contribution in [2.24, 2.45) is 0 Å². The molecule has 7 nitrogen and oxygen atoms in total. The molecule has 0 atom stereocenters. The van der Waals surface area contributed by atoms with Crippen molar-refractivity contribution in [1.82, 2.24) is 0 Å². The number of nitro groups is 2. The zero-order valence-corrected chi connectivity index (χ0v) is 14.2. The van der Waals surface area contributed by atoms with Gasteiger partial charge in [0.15, 0.2) is 0 Å². The maximum Gasteiger partial charge on any atom is 0.203 e. The van der Waals surface area contributed by atoms with Crippen molar-refractivity contribution < 1.29 is 14.6 Å². The Hall–Kier alpha value is -1.24. The molecule has 0 radical (unpaired) electrons. The van der Waals surface area contributed by atoms with Crippen LogP contribution in [-0.2, 0) is 4.74 Å². The van der Waals surface area contributed by atoms with Crippen molar-refractivity contribution in [2.75, 3.05) is 26.3 Å². The molecule has 0 heterocycles. The Morgan fingerprint density at radius 3 is 1.17 bits per heavy atom. The molecule has 0 aromatic heterocycles. The molecule has 0 aromatic carbocycles. The van der Waals surface area contributed by atoms with Gasteiger partial charge in [0.1, 0.15) is 0 Å². The maximum absolute atomic E-state index is 10.1. The highest BCUT2D eigenvalue weighted by Gasteiger charge is 1.98. The molecule has 0 rings (SSSR count). The second kappa shape index (κ2) is 17.1. The van der Waals surface area contributed by atoms with E-state index in [0.717, 1.165) is 77.4 Å². The lowest BCUT2D eigenvalue weighted by molar-refractivity contribution is -0.480. The molecular weight excluding hydrogens is 300 g/mol. The van der Waals surface area contributed by atoms with Crippen LogP contribution in [0.2, 0.25) is 0 Å². The standard InChI is InChI=1S/C16H32N2O5/c19-17(20)13-9-5-1-3-7-11-15-23-16-12-8-4-2-6-10-14-18(21)22/h1-16H2. The molecule has 0 saturated heterocycles. The fraction of sp³-hybridized carbons (Fsp3) is 1.00. The largest absolute Gasteiger partial charge is 0.381 e. The topological polar surface area (TPSA) is 95.5 Å². The molecule has 0 aliphatic carbocycles. The van der Waals surface area contributed by atoms with Crippen molar-refractivity contribution in [2.45, 2.75) is 77.0 Å². The van der Waals surface area contributed by atoms with Crippen molar-refractivity contribution in [3.8, 4) is 0 Å². The summed E-state index contributed by atoms with van der Waals surface area (Å²) in [4.78, 5) is 19.8. The van der Waals surface area contributed by atoms with E-state index in [1.54, 1.807) is 0 Å². The minimum atomic E-state index is -0.250. The lowest BCUT2D eigenvalue weighted by Gasteiger charge is -2.04. The zero-order valence-electron chi connectivity index (χ0n) is 14.2. The Morgan fingerprint density at radius 2 is 0.826 bits per heavy atom. The van der Waals surface area contributed by atoms with Gasteiger partial charge >= 0.3 is 0 Å². The second-order valence-corrected chi connectivity index (χ2v) is 5.97. The number of hydrogen-bond acceptors (Lipinski definition) is 5.